The van der Waals surface area contributed by atoms with E-state index in [4.69, 9.17) is 0 Å². The second-order valence-corrected chi connectivity index (χ2v) is 4.84. The number of benzene rings is 2. The van der Waals surface area contributed by atoms with Gasteiger partial charge in [-0.05, 0) is 35.0 Å². The van der Waals surface area contributed by atoms with E-state index in [1.54, 1.807) is 0 Å². The van der Waals surface area contributed by atoms with Gasteiger partial charge in [-0.15, -0.1) is 0 Å². The Balaban J connectivity index is 2.11. The maximum Gasteiger partial charge on any atom is 0.168 e. The molecule has 1 aliphatic carbocycles. The first-order valence-corrected chi connectivity index (χ1v) is 6.34. The summed E-state index contributed by atoms with van der Waals surface area (Å²) >= 11 is 0. The number of hydrogen-bond donors (Lipinski definition) is 0. The molecule has 0 amide bonds. The molecule has 0 bridgehead atoms. The SMILES string of the molecule is O=C1CC=Cc2nc3cc4ccccc4cc3cc21. The summed E-state index contributed by atoms with van der Waals surface area (Å²) in [5.41, 5.74) is 2.47. The lowest BCUT2D eigenvalue weighted by Gasteiger charge is -2.10. The highest BCUT2D eigenvalue weighted by molar-refractivity contribution is 6.06. The van der Waals surface area contributed by atoms with E-state index in [-0.39, 0.29) is 5.78 Å². The molecule has 2 aromatic carbocycles. The predicted molar refractivity (Wildman–Crippen MR) is 77.2 cm³/mol. The second-order valence-electron chi connectivity index (χ2n) is 4.84. The van der Waals surface area contributed by atoms with Crippen LogP contribution in [0, 0.1) is 0 Å². The molecule has 19 heavy (non-hydrogen) atoms. The third kappa shape index (κ3) is 1.57. The van der Waals surface area contributed by atoms with Crippen LogP contribution in [-0.2, 0) is 0 Å². The van der Waals surface area contributed by atoms with Gasteiger partial charge < -0.3 is 0 Å². The smallest absolute Gasteiger partial charge is 0.168 e. The summed E-state index contributed by atoms with van der Waals surface area (Å²) in [5, 5.41) is 3.38. The Morgan fingerprint density at radius 2 is 1.74 bits per heavy atom. The minimum absolute atomic E-state index is 0.153. The molecule has 0 saturated carbocycles. The van der Waals surface area contributed by atoms with E-state index < -0.39 is 0 Å². The summed E-state index contributed by atoms with van der Waals surface area (Å²) in [6.07, 6.45) is 4.30. The summed E-state index contributed by atoms with van der Waals surface area (Å²) in [6.45, 7) is 0. The molecule has 2 heteroatoms. The van der Waals surface area contributed by atoms with Gasteiger partial charge >= 0.3 is 0 Å². The van der Waals surface area contributed by atoms with E-state index >= 15 is 0 Å². The lowest BCUT2D eigenvalue weighted by Crippen LogP contribution is -2.06. The van der Waals surface area contributed by atoms with Crippen LogP contribution in [0.2, 0.25) is 0 Å². The third-order valence-electron chi connectivity index (χ3n) is 3.59. The molecule has 1 heterocycles. The van der Waals surface area contributed by atoms with Crippen molar-refractivity contribution in [1.82, 2.24) is 4.98 Å². The van der Waals surface area contributed by atoms with Gasteiger partial charge in [0.2, 0.25) is 0 Å². The Labute approximate surface area is 110 Å². The second kappa shape index (κ2) is 3.75. The first kappa shape index (κ1) is 10.4. The van der Waals surface area contributed by atoms with Gasteiger partial charge in [-0.3, -0.25) is 4.79 Å². The molecule has 1 aromatic heterocycles. The molecule has 0 radical (unpaired) electrons. The number of aromatic nitrogens is 1. The Morgan fingerprint density at radius 1 is 0.947 bits per heavy atom. The Kier molecular flexibility index (Phi) is 2.06. The largest absolute Gasteiger partial charge is 0.294 e. The topological polar surface area (TPSA) is 30.0 Å². The van der Waals surface area contributed by atoms with Crippen LogP contribution in [0.25, 0.3) is 27.8 Å². The van der Waals surface area contributed by atoms with E-state index in [1.807, 2.05) is 30.4 Å². The van der Waals surface area contributed by atoms with Gasteiger partial charge in [0, 0.05) is 17.4 Å². The van der Waals surface area contributed by atoms with Gasteiger partial charge in [-0.1, -0.05) is 30.3 Å². The molecule has 0 aliphatic heterocycles. The van der Waals surface area contributed by atoms with Crippen molar-refractivity contribution in [2.75, 3.05) is 0 Å². The van der Waals surface area contributed by atoms with Crippen molar-refractivity contribution in [3.05, 3.63) is 59.8 Å². The lowest BCUT2D eigenvalue weighted by molar-refractivity contribution is 0.0994. The molecule has 0 saturated heterocycles. The zero-order valence-corrected chi connectivity index (χ0v) is 10.3. The number of allylic oxidation sites excluding steroid dienone is 1. The molecule has 3 aromatic rings. The molecule has 0 unspecified atom stereocenters. The molecular weight excluding hydrogens is 234 g/mol. The summed E-state index contributed by atoms with van der Waals surface area (Å²) in [6, 6.07) is 14.4. The van der Waals surface area contributed by atoms with E-state index in [0.29, 0.717) is 6.42 Å². The van der Waals surface area contributed by atoms with Crippen molar-refractivity contribution in [1.29, 1.82) is 0 Å². The number of carbonyl (C=O) groups is 1. The molecule has 1 aliphatic rings. The van der Waals surface area contributed by atoms with Crippen LogP contribution in [0.3, 0.4) is 0 Å². The maximum absolute atomic E-state index is 11.9. The number of Topliss-reactive ketones (excluding diaryl/α,β-unsaturated/α-hetero) is 1. The van der Waals surface area contributed by atoms with E-state index in [0.717, 1.165) is 22.2 Å². The number of nitrogens with zero attached hydrogens (tertiary/aromatic N) is 1. The standard InChI is InChI=1S/C17H11NO/c19-17-7-3-6-15-14(17)9-13-8-11-4-1-2-5-12(11)10-16(13)18-15/h1-6,8-10H,7H2. The fourth-order valence-electron chi connectivity index (χ4n) is 2.62. The molecule has 90 valence electrons. The quantitative estimate of drug-likeness (QED) is 0.560. The van der Waals surface area contributed by atoms with Crippen LogP contribution in [0.15, 0.2) is 48.5 Å². The number of rotatable bonds is 0. The fourth-order valence-corrected chi connectivity index (χ4v) is 2.62. The molecule has 0 N–H and O–H groups in total. The molecule has 0 atom stereocenters. The van der Waals surface area contributed by atoms with Crippen LogP contribution in [0.5, 0.6) is 0 Å². The van der Waals surface area contributed by atoms with Gasteiger partial charge in [0.05, 0.1) is 11.2 Å². The minimum Gasteiger partial charge on any atom is -0.294 e. The Bertz CT molecular complexity index is 862. The van der Waals surface area contributed by atoms with E-state index in [1.165, 1.54) is 10.8 Å². The Hall–Kier alpha value is -2.48. The number of fused-ring (bicyclic) bond motifs is 3. The van der Waals surface area contributed by atoms with Crippen molar-refractivity contribution in [2.45, 2.75) is 6.42 Å². The summed E-state index contributed by atoms with van der Waals surface area (Å²) < 4.78 is 0. The summed E-state index contributed by atoms with van der Waals surface area (Å²) in [7, 11) is 0. The van der Waals surface area contributed by atoms with Gasteiger partial charge in [0.15, 0.2) is 5.78 Å². The van der Waals surface area contributed by atoms with Crippen molar-refractivity contribution < 1.29 is 4.79 Å². The zero-order chi connectivity index (χ0) is 12.8. The first-order valence-electron chi connectivity index (χ1n) is 6.34. The molecule has 0 fully saturated rings. The molecule has 2 nitrogen and oxygen atoms in total. The lowest BCUT2D eigenvalue weighted by atomic mass is 9.97. The number of pyridine rings is 1. The number of ketones is 1. The molecule has 4 rings (SSSR count). The molecular formula is C17H11NO. The highest BCUT2D eigenvalue weighted by Crippen LogP contribution is 2.26. The van der Waals surface area contributed by atoms with Gasteiger partial charge in [0.25, 0.3) is 0 Å². The van der Waals surface area contributed by atoms with Crippen molar-refractivity contribution in [2.24, 2.45) is 0 Å². The van der Waals surface area contributed by atoms with Crippen molar-refractivity contribution in [3.8, 4) is 0 Å². The van der Waals surface area contributed by atoms with Crippen LogP contribution in [-0.4, -0.2) is 10.8 Å². The zero-order valence-electron chi connectivity index (χ0n) is 10.3. The first-order chi connectivity index (χ1) is 9.31. The van der Waals surface area contributed by atoms with E-state index in [2.05, 4.69) is 29.2 Å². The van der Waals surface area contributed by atoms with Crippen LogP contribution < -0.4 is 0 Å². The number of hydrogen-bond acceptors (Lipinski definition) is 2. The Morgan fingerprint density at radius 3 is 2.58 bits per heavy atom. The van der Waals surface area contributed by atoms with Crippen LogP contribution in [0.4, 0.5) is 0 Å². The normalized spacial score (nSPS) is 14.0. The number of carbonyl (C=O) groups excluding carboxylic acids is 1. The fraction of sp³-hybridized carbons (Fsp3) is 0.0588. The van der Waals surface area contributed by atoms with Gasteiger partial charge in [-0.25, -0.2) is 4.98 Å². The van der Waals surface area contributed by atoms with Crippen molar-refractivity contribution in [3.63, 3.8) is 0 Å². The van der Waals surface area contributed by atoms with E-state index in [9.17, 15) is 4.79 Å². The highest BCUT2D eigenvalue weighted by Gasteiger charge is 2.15. The van der Waals surface area contributed by atoms with Gasteiger partial charge in [0.1, 0.15) is 0 Å². The van der Waals surface area contributed by atoms with Crippen molar-refractivity contribution >= 4 is 33.5 Å². The monoisotopic (exact) mass is 245 g/mol. The summed E-state index contributed by atoms with van der Waals surface area (Å²) in [5.74, 6) is 0.153. The maximum atomic E-state index is 11.9. The van der Waals surface area contributed by atoms with Gasteiger partial charge in [-0.2, -0.15) is 0 Å². The third-order valence-corrected chi connectivity index (χ3v) is 3.59. The molecule has 0 spiro atoms. The predicted octanol–water partition coefficient (Wildman–Crippen LogP) is 3.99. The average molecular weight is 245 g/mol. The van der Waals surface area contributed by atoms with Crippen LogP contribution in [0.1, 0.15) is 22.5 Å². The summed E-state index contributed by atoms with van der Waals surface area (Å²) in [4.78, 5) is 16.5. The van der Waals surface area contributed by atoms with Crippen LogP contribution >= 0.6 is 0 Å². The highest BCUT2D eigenvalue weighted by atomic mass is 16.1. The minimum atomic E-state index is 0.153. The average Bonchev–Trinajstić information content (AvgIpc) is 2.44.